The predicted octanol–water partition coefficient (Wildman–Crippen LogP) is 20.9. The first-order valence-electron chi connectivity index (χ1n) is 34.2. The van der Waals surface area contributed by atoms with Gasteiger partial charge in [0.1, 0.15) is 19.3 Å². The molecule has 0 aromatic carbocycles. The molecule has 0 heterocycles. The number of ether oxygens (including phenoxy) is 1. The Balaban J connectivity index is 5.06. The number of hydrogen-bond donors (Lipinski definition) is 1. The van der Waals surface area contributed by atoms with Gasteiger partial charge in [0.15, 0.2) is 0 Å². The third kappa shape index (κ3) is 61.8. The van der Waals surface area contributed by atoms with Crippen molar-refractivity contribution in [1.82, 2.24) is 5.32 Å². The highest BCUT2D eigenvalue weighted by molar-refractivity contribution is 7.45. The highest BCUT2D eigenvalue weighted by atomic mass is 31.2. The lowest BCUT2D eigenvalue weighted by atomic mass is 10.0. The van der Waals surface area contributed by atoms with Crippen molar-refractivity contribution in [3.8, 4) is 0 Å². The summed E-state index contributed by atoms with van der Waals surface area (Å²) in [4.78, 5) is 40.1. The van der Waals surface area contributed by atoms with Crippen LogP contribution in [0.1, 0.15) is 316 Å². The van der Waals surface area contributed by atoms with Gasteiger partial charge < -0.3 is 28.5 Å². The first-order chi connectivity index (χ1) is 39.4. The van der Waals surface area contributed by atoms with Crippen LogP contribution in [-0.2, 0) is 27.9 Å². The molecule has 0 aliphatic rings. The number of rotatable bonds is 62. The summed E-state index contributed by atoms with van der Waals surface area (Å²) in [6.07, 6.45) is 78.7. The van der Waals surface area contributed by atoms with E-state index in [0.29, 0.717) is 17.4 Å². The van der Waals surface area contributed by atoms with Crippen LogP contribution in [0.4, 0.5) is 0 Å². The number of nitrogens with zero attached hydrogens (tertiary/aromatic N) is 1. The topological polar surface area (TPSA) is 114 Å². The van der Waals surface area contributed by atoms with E-state index in [4.69, 9.17) is 13.8 Å². The van der Waals surface area contributed by atoms with E-state index in [2.05, 4.69) is 86.8 Å². The lowest BCUT2D eigenvalue weighted by molar-refractivity contribution is -0.870. The number of phosphoric ester groups is 1. The zero-order chi connectivity index (χ0) is 59.3. The lowest BCUT2D eigenvalue weighted by Gasteiger charge is -2.30. The summed E-state index contributed by atoms with van der Waals surface area (Å²) in [5, 5.41) is 3.04. The number of quaternary nitrogens is 1. The van der Waals surface area contributed by atoms with Crippen LogP contribution in [0.3, 0.4) is 0 Å². The number of hydrogen-bond acceptors (Lipinski definition) is 7. The summed E-state index contributed by atoms with van der Waals surface area (Å²) in [6.45, 7) is 6.81. The molecule has 81 heavy (non-hydrogen) atoms. The average Bonchev–Trinajstić information content (AvgIpc) is 3.44. The van der Waals surface area contributed by atoms with Gasteiger partial charge in [-0.3, -0.25) is 14.2 Å². The summed E-state index contributed by atoms with van der Waals surface area (Å²) in [6, 6.07) is -0.893. The SMILES string of the molecule is CCCCC/C=C\C/C=C\C/C=C\CCCCCCCCCCCCCCC(=O)NC(COP(=O)([O-])OCC[N+](C)(C)C)C(/C=C\CCCCCCCCCCC)OC(=O)CCCCCCCCCCC/C=C\C/C=C\CCCCC. The number of esters is 1. The summed E-state index contributed by atoms with van der Waals surface area (Å²) in [5.74, 6) is -0.541. The molecule has 0 bridgehead atoms. The third-order valence-electron chi connectivity index (χ3n) is 15.1. The van der Waals surface area contributed by atoms with Crippen molar-refractivity contribution in [2.45, 2.75) is 328 Å². The van der Waals surface area contributed by atoms with Crippen LogP contribution in [-0.4, -0.2) is 69.4 Å². The molecule has 472 valence electrons. The predicted molar refractivity (Wildman–Crippen MR) is 348 cm³/mol. The van der Waals surface area contributed by atoms with E-state index in [1.165, 1.54) is 193 Å². The minimum atomic E-state index is -4.70. The van der Waals surface area contributed by atoms with Gasteiger partial charge in [-0.1, -0.05) is 274 Å². The van der Waals surface area contributed by atoms with Crippen LogP contribution >= 0.6 is 7.82 Å². The van der Waals surface area contributed by atoms with E-state index in [-0.39, 0.29) is 24.9 Å². The van der Waals surface area contributed by atoms with Crippen molar-refractivity contribution >= 4 is 19.7 Å². The molecule has 10 heteroatoms. The van der Waals surface area contributed by atoms with Gasteiger partial charge in [0.05, 0.1) is 33.8 Å². The molecule has 3 unspecified atom stereocenters. The third-order valence-corrected chi connectivity index (χ3v) is 16.1. The molecule has 0 aromatic rings. The van der Waals surface area contributed by atoms with Crippen LogP contribution < -0.4 is 10.2 Å². The highest BCUT2D eigenvalue weighted by Gasteiger charge is 2.27. The van der Waals surface area contributed by atoms with Gasteiger partial charge in [-0.15, -0.1) is 0 Å². The van der Waals surface area contributed by atoms with E-state index in [9.17, 15) is 19.0 Å². The fourth-order valence-electron chi connectivity index (χ4n) is 9.80. The molecule has 0 rings (SSSR count). The van der Waals surface area contributed by atoms with Gasteiger partial charge in [-0.2, -0.15) is 0 Å². The van der Waals surface area contributed by atoms with Gasteiger partial charge in [-0.05, 0) is 102 Å². The molecule has 0 aliphatic carbocycles. The summed E-state index contributed by atoms with van der Waals surface area (Å²) in [7, 11) is 1.18. The van der Waals surface area contributed by atoms with Crippen molar-refractivity contribution in [3.05, 3.63) is 72.9 Å². The molecule has 0 saturated heterocycles. The number of allylic oxidation sites excluding steroid dienone is 11. The molecular weight excluding hydrogens is 1020 g/mol. The van der Waals surface area contributed by atoms with Gasteiger partial charge >= 0.3 is 5.97 Å². The van der Waals surface area contributed by atoms with Crippen molar-refractivity contribution in [3.63, 3.8) is 0 Å². The van der Waals surface area contributed by atoms with E-state index in [1.54, 1.807) is 0 Å². The van der Waals surface area contributed by atoms with Crippen molar-refractivity contribution in [2.24, 2.45) is 0 Å². The minimum absolute atomic E-state index is 0.0247. The van der Waals surface area contributed by atoms with Gasteiger partial charge in [0, 0.05) is 12.8 Å². The molecule has 1 N–H and O–H groups in total. The Kier molecular flexibility index (Phi) is 58.7. The first kappa shape index (κ1) is 78.5. The lowest BCUT2D eigenvalue weighted by Crippen LogP contribution is -2.47. The number of nitrogens with one attached hydrogen (secondary N) is 1. The number of carbonyl (C=O) groups excluding carboxylic acids is 2. The second-order valence-corrected chi connectivity index (χ2v) is 25.7. The molecule has 0 saturated carbocycles. The molecule has 9 nitrogen and oxygen atoms in total. The molecule has 0 aromatic heterocycles. The number of phosphoric acid groups is 1. The summed E-state index contributed by atoms with van der Waals surface area (Å²) >= 11 is 0. The maximum Gasteiger partial charge on any atom is 0.306 e. The maximum absolute atomic E-state index is 13.6. The quantitative estimate of drug-likeness (QED) is 0.0212. The fourth-order valence-corrected chi connectivity index (χ4v) is 10.5. The Morgan fingerprint density at radius 3 is 1.15 bits per heavy atom. The van der Waals surface area contributed by atoms with Crippen LogP contribution in [0.2, 0.25) is 0 Å². The van der Waals surface area contributed by atoms with E-state index in [0.717, 1.165) is 89.9 Å². The largest absolute Gasteiger partial charge is 0.756 e. The van der Waals surface area contributed by atoms with Gasteiger partial charge in [0.2, 0.25) is 5.91 Å². The molecular formula is C71H131N2O7P. The molecule has 0 spiro atoms. The van der Waals surface area contributed by atoms with Crippen LogP contribution in [0.5, 0.6) is 0 Å². The van der Waals surface area contributed by atoms with E-state index >= 15 is 0 Å². The number of carbonyl (C=O) groups is 2. The van der Waals surface area contributed by atoms with Crippen LogP contribution in [0.25, 0.3) is 0 Å². The van der Waals surface area contributed by atoms with Crippen molar-refractivity contribution in [1.29, 1.82) is 0 Å². The van der Waals surface area contributed by atoms with Crippen molar-refractivity contribution in [2.75, 3.05) is 40.9 Å². The molecule has 0 fully saturated rings. The molecule has 0 radical (unpaired) electrons. The number of likely N-dealkylation sites (N-methyl/N-ethyl adjacent to an activating group) is 1. The Morgan fingerprint density at radius 2 is 0.753 bits per heavy atom. The molecule has 1 amide bonds. The monoisotopic (exact) mass is 1150 g/mol. The smallest absolute Gasteiger partial charge is 0.306 e. The Hall–Kier alpha value is -2.55. The zero-order valence-electron chi connectivity index (χ0n) is 54.0. The van der Waals surface area contributed by atoms with Crippen LogP contribution in [0.15, 0.2) is 72.9 Å². The molecule has 3 atom stereocenters. The minimum Gasteiger partial charge on any atom is -0.756 e. The first-order valence-corrected chi connectivity index (χ1v) is 35.7. The second-order valence-electron chi connectivity index (χ2n) is 24.3. The zero-order valence-corrected chi connectivity index (χ0v) is 54.9. The van der Waals surface area contributed by atoms with Gasteiger partial charge in [0.25, 0.3) is 7.82 Å². The van der Waals surface area contributed by atoms with Crippen molar-refractivity contribution < 1.29 is 37.3 Å². The Morgan fingerprint density at radius 1 is 0.432 bits per heavy atom. The van der Waals surface area contributed by atoms with E-state index in [1.807, 2.05) is 33.3 Å². The second kappa shape index (κ2) is 60.6. The standard InChI is InChI=1S/C71H131N2O7P/c1-7-10-13-16-19-22-25-27-29-31-33-34-35-36-37-38-40-41-43-45-48-51-54-57-60-63-70(74)72-68(67-79-81(76,77)78-66-65-73(4,5)6)69(62-59-56-53-50-47-24-21-18-15-12-9-3)80-71(75)64-61-58-55-52-49-46-44-42-39-32-30-28-26-23-20-17-14-11-8-2/h19-20,22-23,27-30,33-34,59,62,68-69H,7-18,21,24-26,31-32,35-58,60-61,63-67H2,1-6H3,(H-,72,74,76,77)/b22-19-,23-20-,29-27-,30-28-,34-33-,62-59-. The van der Waals surface area contributed by atoms with Crippen LogP contribution in [0, 0.1) is 0 Å². The number of amides is 1. The average molecular weight is 1160 g/mol. The fraction of sp³-hybridized carbons (Fsp3) is 0.803. The van der Waals surface area contributed by atoms with Gasteiger partial charge in [-0.25, -0.2) is 0 Å². The summed E-state index contributed by atoms with van der Waals surface area (Å²) < 4.78 is 30.4. The maximum atomic E-state index is 13.6. The molecule has 0 aliphatic heterocycles. The Labute approximate surface area is 502 Å². The normalized spacial score (nSPS) is 14.0. The highest BCUT2D eigenvalue weighted by Crippen LogP contribution is 2.38. The Bertz CT molecular complexity index is 1620. The number of unbranched alkanes of at least 4 members (excludes halogenated alkanes) is 36. The summed E-state index contributed by atoms with van der Waals surface area (Å²) in [5.41, 5.74) is 0. The van der Waals surface area contributed by atoms with E-state index < -0.39 is 26.6 Å².